The molecule has 3 rings (SSSR count). The second kappa shape index (κ2) is 10.6. The molecule has 0 aromatic heterocycles. The van der Waals surface area contributed by atoms with Crippen LogP contribution in [0, 0.1) is 0 Å². The molecule has 0 fully saturated rings. The summed E-state index contributed by atoms with van der Waals surface area (Å²) >= 11 is 6.40. The molecule has 0 bridgehead atoms. The SMILES string of the molecule is SCCCCCCSC(c1ccccc1)(c1ccccc1)c1ccccc1. The van der Waals surface area contributed by atoms with Gasteiger partial charge in [0.1, 0.15) is 0 Å². The van der Waals surface area contributed by atoms with Gasteiger partial charge in [0.25, 0.3) is 0 Å². The van der Waals surface area contributed by atoms with Crippen LogP contribution in [0.2, 0.25) is 0 Å². The Labute approximate surface area is 173 Å². The van der Waals surface area contributed by atoms with E-state index in [0.29, 0.717) is 0 Å². The van der Waals surface area contributed by atoms with Gasteiger partial charge in [-0.3, -0.25) is 0 Å². The zero-order valence-corrected chi connectivity index (χ0v) is 17.5. The molecule has 0 nitrogen and oxygen atoms in total. The summed E-state index contributed by atoms with van der Waals surface area (Å²) in [5.74, 6) is 2.14. The molecule has 0 amide bonds. The summed E-state index contributed by atoms with van der Waals surface area (Å²) in [5, 5.41) is 0. The fourth-order valence-corrected chi connectivity index (χ4v) is 5.35. The summed E-state index contributed by atoms with van der Waals surface area (Å²) in [5.41, 5.74) is 4.05. The van der Waals surface area contributed by atoms with Crippen molar-refractivity contribution in [2.24, 2.45) is 0 Å². The van der Waals surface area contributed by atoms with Crippen LogP contribution in [0.25, 0.3) is 0 Å². The Morgan fingerprint density at radius 3 is 1.37 bits per heavy atom. The van der Waals surface area contributed by atoms with E-state index in [1.165, 1.54) is 42.4 Å². The third kappa shape index (κ3) is 5.00. The third-order valence-corrected chi connectivity index (χ3v) is 6.86. The van der Waals surface area contributed by atoms with E-state index in [4.69, 9.17) is 0 Å². The second-order valence-corrected chi connectivity index (χ2v) is 8.52. The number of thioether (sulfide) groups is 1. The Kier molecular flexibility index (Phi) is 7.92. The summed E-state index contributed by atoms with van der Waals surface area (Å²) in [6.07, 6.45) is 5.02. The molecule has 3 aromatic rings. The molecule has 0 aliphatic carbocycles. The molecule has 0 radical (unpaired) electrons. The highest BCUT2D eigenvalue weighted by Gasteiger charge is 2.36. The first-order chi connectivity index (χ1) is 13.4. The van der Waals surface area contributed by atoms with Crippen molar-refractivity contribution in [1.29, 1.82) is 0 Å². The van der Waals surface area contributed by atoms with Gasteiger partial charge in [-0.15, -0.1) is 11.8 Å². The van der Waals surface area contributed by atoms with Crippen molar-refractivity contribution in [2.75, 3.05) is 11.5 Å². The standard InChI is InChI=1S/C25H28S2/c26-20-12-1-2-13-21-27-25(22-14-6-3-7-15-22,23-16-8-4-9-17-23)24-18-10-5-11-19-24/h3-11,14-19,26H,1-2,12-13,20-21H2. The lowest BCUT2D eigenvalue weighted by Gasteiger charge is -2.35. The van der Waals surface area contributed by atoms with E-state index in [1.807, 2.05) is 0 Å². The fourth-order valence-electron chi connectivity index (χ4n) is 3.56. The van der Waals surface area contributed by atoms with Crippen molar-refractivity contribution in [3.8, 4) is 0 Å². The van der Waals surface area contributed by atoms with Gasteiger partial charge in [0.05, 0.1) is 4.75 Å². The van der Waals surface area contributed by atoms with Gasteiger partial charge in [-0.2, -0.15) is 12.6 Å². The molecule has 3 aromatic carbocycles. The van der Waals surface area contributed by atoms with Crippen LogP contribution >= 0.6 is 24.4 Å². The summed E-state index contributed by atoms with van der Waals surface area (Å²) in [6, 6.07) is 32.9. The Balaban J connectivity index is 1.98. The maximum absolute atomic E-state index is 4.33. The van der Waals surface area contributed by atoms with Crippen LogP contribution in [-0.4, -0.2) is 11.5 Å². The second-order valence-electron chi connectivity index (χ2n) is 6.77. The molecular formula is C25H28S2. The van der Waals surface area contributed by atoms with Crippen molar-refractivity contribution in [2.45, 2.75) is 30.4 Å². The first-order valence-electron chi connectivity index (χ1n) is 9.79. The smallest absolute Gasteiger partial charge is 0.0906 e. The Morgan fingerprint density at radius 1 is 0.556 bits per heavy atom. The minimum atomic E-state index is -0.173. The minimum absolute atomic E-state index is 0.173. The largest absolute Gasteiger partial charge is 0.179 e. The van der Waals surface area contributed by atoms with Crippen LogP contribution in [0.1, 0.15) is 42.4 Å². The monoisotopic (exact) mass is 392 g/mol. The van der Waals surface area contributed by atoms with E-state index in [9.17, 15) is 0 Å². The van der Waals surface area contributed by atoms with Gasteiger partial charge in [-0.05, 0) is 41.0 Å². The topological polar surface area (TPSA) is 0 Å². The number of thiol groups is 1. The molecule has 0 atom stereocenters. The first kappa shape index (κ1) is 20.1. The van der Waals surface area contributed by atoms with Crippen LogP contribution in [0.4, 0.5) is 0 Å². The molecule has 2 heteroatoms. The van der Waals surface area contributed by atoms with Crippen LogP contribution in [0.3, 0.4) is 0 Å². The first-order valence-corrected chi connectivity index (χ1v) is 11.4. The molecular weight excluding hydrogens is 364 g/mol. The van der Waals surface area contributed by atoms with Crippen LogP contribution in [-0.2, 0) is 4.75 Å². The minimum Gasteiger partial charge on any atom is -0.179 e. The van der Waals surface area contributed by atoms with Gasteiger partial charge >= 0.3 is 0 Å². The summed E-state index contributed by atoms with van der Waals surface area (Å²) < 4.78 is -0.173. The predicted molar refractivity (Wildman–Crippen MR) is 124 cm³/mol. The molecule has 0 aliphatic rings. The van der Waals surface area contributed by atoms with Crippen LogP contribution in [0.5, 0.6) is 0 Å². The highest BCUT2D eigenvalue weighted by atomic mass is 32.2. The van der Waals surface area contributed by atoms with E-state index < -0.39 is 0 Å². The molecule has 140 valence electrons. The lowest BCUT2D eigenvalue weighted by atomic mass is 9.84. The lowest BCUT2D eigenvalue weighted by molar-refractivity contribution is 0.710. The van der Waals surface area contributed by atoms with Crippen molar-refractivity contribution < 1.29 is 0 Å². The van der Waals surface area contributed by atoms with Gasteiger partial charge in [0.2, 0.25) is 0 Å². The van der Waals surface area contributed by atoms with Gasteiger partial charge in [-0.1, -0.05) is 104 Å². The highest BCUT2D eigenvalue weighted by molar-refractivity contribution is 8.00. The van der Waals surface area contributed by atoms with Crippen LogP contribution in [0.15, 0.2) is 91.0 Å². The summed E-state index contributed by atoms with van der Waals surface area (Å²) in [4.78, 5) is 0. The molecule has 0 unspecified atom stereocenters. The van der Waals surface area contributed by atoms with Gasteiger partial charge in [0.15, 0.2) is 0 Å². The zero-order chi connectivity index (χ0) is 18.8. The molecule has 0 aliphatic heterocycles. The van der Waals surface area contributed by atoms with Crippen molar-refractivity contribution in [3.63, 3.8) is 0 Å². The molecule has 0 saturated carbocycles. The average molecular weight is 393 g/mol. The number of unbranched alkanes of at least 4 members (excludes halogenated alkanes) is 3. The fraction of sp³-hybridized carbons (Fsp3) is 0.280. The number of hydrogen-bond donors (Lipinski definition) is 1. The molecule has 0 N–H and O–H groups in total. The van der Waals surface area contributed by atoms with E-state index in [1.54, 1.807) is 0 Å². The lowest BCUT2D eigenvalue weighted by Crippen LogP contribution is -2.26. The molecule has 0 saturated heterocycles. The molecule has 0 spiro atoms. The summed E-state index contributed by atoms with van der Waals surface area (Å²) in [6.45, 7) is 0. The maximum Gasteiger partial charge on any atom is 0.0906 e. The number of rotatable bonds is 10. The molecule has 0 heterocycles. The van der Waals surface area contributed by atoms with E-state index in [0.717, 1.165) is 11.5 Å². The van der Waals surface area contributed by atoms with Crippen molar-refractivity contribution >= 4 is 24.4 Å². The highest BCUT2D eigenvalue weighted by Crippen LogP contribution is 2.48. The quantitative estimate of drug-likeness (QED) is 0.216. The number of hydrogen-bond acceptors (Lipinski definition) is 2. The Bertz CT molecular complexity index is 673. The average Bonchev–Trinajstić information content (AvgIpc) is 2.75. The summed E-state index contributed by atoms with van der Waals surface area (Å²) in [7, 11) is 0. The van der Waals surface area contributed by atoms with E-state index >= 15 is 0 Å². The van der Waals surface area contributed by atoms with Crippen molar-refractivity contribution in [1.82, 2.24) is 0 Å². The normalized spacial score (nSPS) is 11.4. The Morgan fingerprint density at radius 2 is 0.963 bits per heavy atom. The van der Waals surface area contributed by atoms with Crippen molar-refractivity contribution in [3.05, 3.63) is 108 Å². The predicted octanol–water partition coefficient (Wildman–Crippen LogP) is 7.20. The van der Waals surface area contributed by atoms with Gasteiger partial charge < -0.3 is 0 Å². The molecule has 27 heavy (non-hydrogen) atoms. The maximum atomic E-state index is 4.33. The third-order valence-electron chi connectivity index (χ3n) is 4.91. The van der Waals surface area contributed by atoms with Crippen LogP contribution < -0.4 is 0 Å². The van der Waals surface area contributed by atoms with Gasteiger partial charge in [0, 0.05) is 0 Å². The van der Waals surface area contributed by atoms with E-state index in [-0.39, 0.29) is 4.75 Å². The van der Waals surface area contributed by atoms with E-state index in [2.05, 4.69) is 115 Å². The zero-order valence-electron chi connectivity index (χ0n) is 15.8. The van der Waals surface area contributed by atoms with Gasteiger partial charge in [-0.25, -0.2) is 0 Å². The Hall–Kier alpha value is -1.64. The number of benzene rings is 3.